The lowest BCUT2D eigenvalue weighted by atomic mass is 10.1. The van der Waals surface area contributed by atoms with Crippen LogP contribution in [0.4, 0.5) is 0 Å². The van der Waals surface area contributed by atoms with Gasteiger partial charge < -0.3 is 14.2 Å². The summed E-state index contributed by atoms with van der Waals surface area (Å²) in [5.41, 5.74) is 2.43. The molecule has 1 aliphatic rings. The van der Waals surface area contributed by atoms with Crippen LogP contribution >= 0.6 is 0 Å². The summed E-state index contributed by atoms with van der Waals surface area (Å²) in [5, 5.41) is 0. The SMILES string of the molecule is Cc1ccc(OCCOC2CCCCO2)c(C)c1. The number of ether oxygens (including phenoxy) is 3. The molecule has 100 valence electrons. The van der Waals surface area contributed by atoms with Gasteiger partial charge in [0.25, 0.3) is 0 Å². The summed E-state index contributed by atoms with van der Waals surface area (Å²) in [7, 11) is 0. The minimum Gasteiger partial charge on any atom is -0.491 e. The van der Waals surface area contributed by atoms with Crippen LogP contribution in [0, 0.1) is 13.8 Å². The maximum Gasteiger partial charge on any atom is 0.157 e. The number of hydrogen-bond acceptors (Lipinski definition) is 3. The van der Waals surface area contributed by atoms with Gasteiger partial charge in [-0.05, 0) is 44.7 Å². The molecule has 1 saturated heterocycles. The van der Waals surface area contributed by atoms with Crippen molar-refractivity contribution >= 4 is 0 Å². The molecule has 18 heavy (non-hydrogen) atoms. The first-order chi connectivity index (χ1) is 8.75. The molecule has 2 rings (SSSR count). The van der Waals surface area contributed by atoms with Crippen LogP contribution in [-0.4, -0.2) is 26.1 Å². The van der Waals surface area contributed by atoms with Crippen LogP contribution in [0.15, 0.2) is 18.2 Å². The molecule has 0 amide bonds. The molecule has 0 saturated carbocycles. The lowest BCUT2D eigenvalue weighted by Crippen LogP contribution is -2.24. The Kier molecular flexibility index (Phi) is 5.02. The highest BCUT2D eigenvalue weighted by molar-refractivity contribution is 5.35. The molecule has 0 N–H and O–H groups in total. The molecule has 1 aromatic rings. The first-order valence-electron chi connectivity index (χ1n) is 6.69. The van der Waals surface area contributed by atoms with Crippen molar-refractivity contribution in [2.75, 3.05) is 19.8 Å². The van der Waals surface area contributed by atoms with Crippen molar-refractivity contribution in [1.82, 2.24) is 0 Å². The van der Waals surface area contributed by atoms with E-state index in [4.69, 9.17) is 14.2 Å². The zero-order valence-corrected chi connectivity index (χ0v) is 11.3. The fourth-order valence-corrected chi connectivity index (χ4v) is 2.14. The second-order valence-corrected chi connectivity index (χ2v) is 4.78. The largest absolute Gasteiger partial charge is 0.491 e. The first-order valence-corrected chi connectivity index (χ1v) is 6.69. The number of hydrogen-bond donors (Lipinski definition) is 0. The summed E-state index contributed by atoms with van der Waals surface area (Å²) in [6, 6.07) is 6.20. The van der Waals surface area contributed by atoms with Gasteiger partial charge in [0.2, 0.25) is 0 Å². The predicted octanol–water partition coefficient (Wildman–Crippen LogP) is 3.23. The van der Waals surface area contributed by atoms with E-state index >= 15 is 0 Å². The Morgan fingerprint density at radius 2 is 2.11 bits per heavy atom. The standard InChI is InChI=1S/C15H22O3/c1-12-6-7-14(13(2)11-12)16-9-10-18-15-5-3-4-8-17-15/h6-7,11,15H,3-5,8-10H2,1-2H3. The maximum absolute atomic E-state index is 5.70. The minimum atomic E-state index is -0.0264. The highest BCUT2D eigenvalue weighted by Gasteiger charge is 2.13. The van der Waals surface area contributed by atoms with E-state index in [-0.39, 0.29) is 6.29 Å². The van der Waals surface area contributed by atoms with Gasteiger partial charge in [0.1, 0.15) is 12.4 Å². The van der Waals surface area contributed by atoms with E-state index in [1.807, 2.05) is 6.07 Å². The van der Waals surface area contributed by atoms with Gasteiger partial charge in [-0.2, -0.15) is 0 Å². The number of benzene rings is 1. The van der Waals surface area contributed by atoms with Crippen molar-refractivity contribution in [3.05, 3.63) is 29.3 Å². The van der Waals surface area contributed by atoms with Gasteiger partial charge in [0, 0.05) is 6.61 Å². The molecule has 0 bridgehead atoms. The molecule has 1 fully saturated rings. The molecule has 0 aromatic heterocycles. The van der Waals surface area contributed by atoms with Gasteiger partial charge in [-0.3, -0.25) is 0 Å². The van der Waals surface area contributed by atoms with Crippen molar-refractivity contribution in [2.45, 2.75) is 39.4 Å². The van der Waals surface area contributed by atoms with Gasteiger partial charge in [-0.25, -0.2) is 0 Å². The third-order valence-corrected chi connectivity index (χ3v) is 3.11. The predicted molar refractivity (Wildman–Crippen MR) is 71.0 cm³/mol. The molecule has 1 aliphatic heterocycles. The Balaban J connectivity index is 1.68. The van der Waals surface area contributed by atoms with Crippen molar-refractivity contribution in [2.24, 2.45) is 0 Å². The third kappa shape index (κ3) is 4.00. The monoisotopic (exact) mass is 250 g/mol. The summed E-state index contributed by atoms with van der Waals surface area (Å²) in [6.45, 7) is 6.12. The van der Waals surface area contributed by atoms with Crippen LogP contribution in [0.5, 0.6) is 5.75 Å². The first kappa shape index (κ1) is 13.4. The van der Waals surface area contributed by atoms with Gasteiger partial charge in [0.05, 0.1) is 6.61 Å². The van der Waals surface area contributed by atoms with E-state index in [9.17, 15) is 0 Å². The Bertz CT molecular complexity index is 370. The second-order valence-electron chi connectivity index (χ2n) is 4.78. The van der Waals surface area contributed by atoms with Crippen molar-refractivity contribution < 1.29 is 14.2 Å². The average molecular weight is 250 g/mol. The highest BCUT2D eigenvalue weighted by Crippen LogP contribution is 2.19. The average Bonchev–Trinajstić information content (AvgIpc) is 2.38. The zero-order chi connectivity index (χ0) is 12.8. The summed E-state index contributed by atoms with van der Waals surface area (Å²) >= 11 is 0. The van der Waals surface area contributed by atoms with Gasteiger partial charge in [-0.15, -0.1) is 0 Å². The maximum atomic E-state index is 5.70. The molecular formula is C15H22O3. The van der Waals surface area contributed by atoms with E-state index < -0.39 is 0 Å². The molecule has 1 unspecified atom stereocenters. The Hall–Kier alpha value is -1.06. The molecule has 0 spiro atoms. The van der Waals surface area contributed by atoms with Crippen LogP contribution < -0.4 is 4.74 Å². The Labute approximate surface area is 109 Å². The van der Waals surface area contributed by atoms with Crippen LogP contribution in [0.1, 0.15) is 30.4 Å². The van der Waals surface area contributed by atoms with Crippen molar-refractivity contribution in [3.8, 4) is 5.75 Å². The third-order valence-electron chi connectivity index (χ3n) is 3.11. The van der Waals surface area contributed by atoms with E-state index in [0.717, 1.165) is 25.2 Å². The van der Waals surface area contributed by atoms with Gasteiger partial charge in [-0.1, -0.05) is 17.7 Å². The molecule has 3 nitrogen and oxygen atoms in total. The minimum absolute atomic E-state index is 0.0264. The fraction of sp³-hybridized carbons (Fsp3) is 0.600. The molecular weight excluding hydrogens is 228 g/mol. The van der Waals surface area contributed by atoms with Crippen LogP contribution in [0.2, 0.25) is 0 Å². The van der Waals surface area contributed by atoms with E-state index in [1.165, 1.54) is 17.5 Å². The van der Waals surface area contributed by atoms with Crippen LogP contribution in [0.3, 0.4) is 0 Å². The number of aryl methyl sites for hydroxylation is 2. The van der Waals surface area contributed by atoms with Gasteiger partial charge in [0.15, 0.2) is 6.29 Å². The van der Waals surface area contributed by atoms with E-state index in [2.05, 4.69) is 26.0 Å². The number of rotatable bonds is 5. The molecule has 1 heterocycles. The van der Waals surface area contributed by atoms with E-state index in [0.29, 0.717) is 13.2 Å². The van der Waals surface area contributed by atoms with Crippen LogP contribution in [-0.2, 0) is 9.47 Å². The van der Waals surface area contributed by atoms with Crippen LogP contribution in [0.25, 0.3) is 0 Å². The lowest BCUT2D eigenvalue weighted by molar-refractivity contribution is -0.165. The highest BCUT2D eigenvalue weighted by atomic mass is 16.7. The lowest BCUT2D eigenvalue weighted by Gasteiger charge is -2.22. The fourth-order valence-electron chi connectivity index (χ4n) is 2.14. The molecule has 3 heteroatoms. The van der Waals surface area contributed by atoms with Crippen molar-refractivity contribution in [1.29, 1.82) is 0 Å². The van der Waals surface area contributed by atoms with Crippen molar-refractivity contribution in [3.63, 3.8) is 0 Å². The Morgan fingerprint density at radius 3 is 2.83 bits per heavy atom. The molecule has 1 aromatic carbocycles. The summed E-state index contributed by atoms with van der Waals surface area (Å²) < 4.78 is 16.8. The summed E-state index contributed by atoms with van der Waals surface area (Å²) in [4.78, 5) is 0. The smallest absolute Gasteiger partial charge is 0.157 e. The molecule has 0 aliphatic carbocycles. The normalized spacial score (nSPS) is 19.8. The molecule has 1 atom stereocenters. The van der Waals surface area contributed by atoms with E-state index in [1.54, 1.807) is 0 Å². The summed E-state index contributed by atoms with van der Waals surface area (Å²) in [5.74, 6) is 0.939. The second kappa shape index (κ2) is 6.76. The molecule has 0 radical (unpaired) electrons. The zero-order valence-electron chi connectivity index (χ0n) is 11.3. The Morgan fingerprint density at radius 1 is 1.22 bits per heavy atom. The van der Waals surface area contributed by atoms with Gasteiger partial charge >= 0.3 is 0 Å². The quantitative estimate of drug-likeness (QED) is 0.751. The topological polar surface area (TPSA) is 27.7 Å². The summed E-state index contributed by atoms with van der Waals surface area (Å²) in [6.07, 6.45) is 3.33.